The number of rotatable bonds is 5. The third kappa shape index (κ3) is 4.44. The van der Waals surface area contributed by atoms with Crippen molar-refractivity contribution >= 4 is 0 Å². The molecule has 0 saturated carbocycles. The molecule has 0 aromatic carbocycles. The van der Waals surface area contributed by atoms with Crippen molar-refractivity contribution in [2.45, 2.75) is 52.5 Å². The number of hydrogen-bond acceptors (Lipinski definition) is 3. The van der Waals surface area contributed by atoms with Gasteiger partial charge in [-0.15, -0.1) is 0 Å². The first-order valence-corrected chi connectivity index (χ1v) is 8.67. The molecule has 2 aliphatic heterocycles. The molecule has 118 valence electrons. The molecule has 0 radical (unpaired) electrons. The third-order valence-corrected chi connectivity index (χ3v) is 5.74. The van der Waals surface area contributed by atoms with E-state index in [1.807, 2.05) is 0 Å². The lowest BCUT2D eigenvalue weighted by atomic mass is 9.80. The summed E-state index contributed by atoms with van der Waals surface area (Å²) in [4.78, 5) is 5.08. The van der Waals surface area contributed by atoms with Crippen LogP contribution >= 0.6 is 0 Å². The lowest BCUT2D eigenvalue weighted by Crippen LogP contribution is -2.48. The summed E-state index contributed by atoms with van der Waals surface area (Å²) in [5, 5.41) is 3.88. The van der Waals surface area contributed by atoms with Gasteiger partial charge in [-0.05, 0) is 77.2 Å². The lowest BCUT2D eigenvalue weighted by molar-refractivity contribution is 0.117. The zero-order chi connectivity index (χ0) is 14.6. The van der Waals surface area contributed by atoms with Gasteiger partial charge >= 0.3 is 0 Å². The third-order valence-electron chi connectivity index (χ3n) is 5.74. The molecule has 2 saturated heterocycles. The summed E-state index contributed by atoms with van der Waals surface area (Å²) >= 11 is 0. The summed E-state index contributed by atoms with van der Waals surface area (Å²) in [6, 6.07) is 0.667. The Morgan fingerprint density at radius 2 is 1.95 bits per heavy atom. The van der Waals surface area contributed by atoms with Gasteiger partial charge in [0.15, 0.2) is 0 Å². The molecule has 2 fully saturated rings. The predicted molar refractivity (Wildman–Crippen MR) is 87.1 cm³/mol. The van der Waals surface area contributed by atoms with E-state index < -0.39 is 0 Å². The summed E-state index contributed by atoms with van der Waals surface area (Å²) in [6.07, 6.45) is 5.47. The Hall–Kier alpha value is -0.120. The van der Waals surface area contributed by atoms with Crippen molar-refractivity contribution in [3.05, 3.63) is 0 Å². The van der Waals surface area contributed by atoms with Gasteiger partial charge in [0.05, 0.1) is 0 Å². The van der Waals surface area contributed by atoms with Crippen LogP contribution < -0.4 is 5.32 Å². The van der Waals surface area contributed by atoms with Crippen LogP contribution in [0.2, 0.25) is 0 Å². The van der Waals surface area contributed by atoms with Crippen molar-refractivity contribution < 1.29 is 0 Å². The van der Waals surface area contributed by atoms with E-state index in [0.29, 0.717) is 11.5 Å². The van der Waals surface area contributed by atoms with Crippen molar-refractivity contribution in [1.82, 2.24) is 15.1 Å². The maximum Gasteiger partial charge on any atom is 0.00794 e. The smallest absolute Gasteiger partial charge is 0.00794 e. The first-order chi connectivity index (χ1) is 9.52. The molecule has 0 spiro atoms. The van der Waals surface area contributed by atoms with Crippen molar-refractivity contribution in [3.63, 3.8) is 0 Å². The standard InChI is InChI=1S/C17H35N3/c1-5-20-10-6-7-16(13-20)15(2)18-14-17(3)8-11-19(4)12-9-17/h15-16,18H,5-14H2,1-4H3. The minimum absolute atomic E-state index is 0.514. The molecule has 2 heterocycles. The highest BCUT2D eigenvalue weighted by atomic mass is 15.1. The van der Waals surface area contributed by atoms with Crippen LogP contribution in [0, 0.1) is 11.3 Å². The Morgan fingerprint density at radius 3 is 2.60 bits per heavy atom. The Kier molecular flexibility index (Phi) is 5.88. The van der Waals surface area contributed by atoms with Gasteiger partial charge in [-0.3, -0.25) is 0 Å². The normalized spacial score (nSPS) is 30.3. The van der Waals surface area contributed by atoms with E-state index in [9.17, 15) is 0 Å². The summed E-state index contributed by atoms with van der Waals surface area (Å²) < 4.78 is 0. The number of nitrogens with zero attached hydrogens (tertiary/aromatic N) is 2. The van der Waals surface area contributed by atoms with Crippen LogP contribution in [0.15, 0.2) is 0 Å². The van der Waals surface area contributed by atoms with Crippen molar-refractivity contribution in [3.8, 4) is 0 Å². The van der Waals surface area contributed by atoms with Crippen molar-refractivity contribution in [1.29, 1.82) is 0 Å². The second-order valence-electron chi connectivity index (χ2n) is 7.58. The lowest BCUT2D eigenvalue weighted by Gasteiger charge is -2.40. The minimum Gasteiger partial charge on any atom is -0.313 e. The molecular weight excluding hydrogens is 246 g/mol. The molecule has 2 atom stereocenters. The molecule has 3 nitrogen and oxygen atoms in total. The SMILES string of the molecule is CCN1CCCC(C(C)NCC2(C)CCN(C)CC2)C1. The van der Waals surface area contributed by atoms with E-state index in [4.69, 9.17) is 0 Å². The van der Waals surface area contributed by atoms with E-state index in [-0.39, 0.29) is 0 Å². The highest BCUT2D eigenvalue weighted by Crippen LogP contribution is 2.30. The Morgan fingerprint density at radius 1 is 1.25 bits per heavy atom. The first kappa shape index (κ1) is 16.3. The zero-order valence-corrected chi connectivity index (χ0v) is 14.1. The Labute approximate surface area is 126 Å². The van der Waals surface area contributed by atoms with Crippen LogP contribution in [-0.4, -0.2) is 62.2 Å². The van der Waals surface area contributed by atoms with Crippen LogP contribution in [0.25, 0.3) is 0 Å². The fourth-order valence-electron chi connectivity index (χ4n) is 3.70. The first-order valence-electron chi connectivity index (χ1n) is 8.67. The molecule has 2 aliphatic rings. The van der Waals surface area contributed by atoms with Gasteiger partial charge in [-0.1, -0.05) is 13.8 Å². The fraction of sp³-hybridized carbons (Fsp3) is 1.00. The molecule has 2 rings (SSSR count). The molecule has 0 aromatic heterocycles. The van der Waals surface area contributed by atoms with E-state index in [0.717, 1.165) is 5.92 Å². The Balaban J connectivity index is 1.75. The van der Waals surface area contributed by atoms with Gasteiger partial charge in [-0.25, -0.2) is 0 Å². The fourth-order valence-corrected chi connectivity index (χ4v) is 3.70. The summed E-state index contributed by atoms with van der Waals surface area (Å²) in [5.41, 5.74) is 0.514. The van der Waals surface area contributed by atoms with Gasteiger partial charge in [0.25, 0.3) is 0 Å². The van der Waals surface area contributed by atoms with Gasteiger partial charge in [0.2, 0.25) is 0 Å². The largest absolute Gasteiger partial charge is 0.313 e. The second kappa shape index (κ2) is 7.24. The number of nitrogens with one attached hydrogen (secondary N) is 1. The summed E-state index contributed by atoms with van der Waals surface area (Å²) in [6.45, 7) is 14.7. The Bertz CT molecular complexity index is 284. The van der Waals surface area contributed by atoms with Crippen LogP contribution in [0.4, 0.5) is 0 Å². The molecular formula is C17H35N3. The number of hydrogen-bond donors (Lipinski definition) is 1. The van der Waals surface area contributed by atoms with Gasteiger partial charge in [0.1, 0.15) is 0 Å². The summed E-state index contributed by atoms with van der Waals surface area (Å²) in [7, 11) is 2.25. The van der Waals surface area contributed by atoms with Crippen LogP contribution in [0.5, 0.6) is 0 Å². The molecule has 20 heavy (non-hydrogen) atoms. The quantitative estimate of drug-likeness (QED) is 0.835. The van der Waals surface area contributed by atoms with Crippen LogP contribution in [0.3, 0.4) is 0 Å². The molecule has 0 aromatic rings. The van der Waals surface area contributed by atoms with Crippen LogP contribution in [0.1, 0.15) is 46.5 Å². The monoisotopic (exact) mass is 281 g/mol. The zero-order valence-electron chi connectivity index (χ0n) is 14.1. The second-order valence-corrected chi connectivity index (χ2v) is 7.58. The van der Waals surface area contributed by atoms with Crippen molar-refractivity contribution in [2.75, 3.05) is 46.3 Å². The molecule has 0 amide bonds. The highest BCUT2D eigenvalue weighted by molar-refractivity contribution is 4.86. The number of likely N-dealkylation sites (tertiary alicyclic amines) is 2. The van der Waals surface area contributed by atoms with E-state index in [1.54, 1.807) is 0 Å². The average molecular weight is 281 g/mol. The minimum atomic E-state index is 0.514. The van der Waals surface area contributed by atoms with E-state index in [2.05, 4.69) is 42.9 Å². The van der Waals surface area contributed by atoms with Gasteiger partial charge < -0.3 is 15.1 Å². The maximum atomic E-state index is 3.88. The van der Waals surface area contributed by atoms with E-state index >= 15 is 0 Å². The molecule has 0 aliphatic carbocycles. The maximum absolute atomic E-state index is 3.88. The molecule has 2 unspecified atom stereocenters. The molecule has 1 N–H and O–H groups in total. The van der Waals surface area contributed by atoms with Crippen LogP contribution in [-0.2, 0) is 0 Å². The topological polar surface area (TPSA) is 18.5 Å². The molecule has 0 bridgehead atoms. The highest BCUT2D eigenvalue weighted by Gasteiger charge is 2.30. The predicted octanol–water partition coefficient (Wildman–Crippen LogP) is 2.43. The van der Waals surface area contributed by atoms with Crippen molar-refractivity contribution in [2.24, 2.45) is 11.3 Å². The van der Waals surface area contributed by atoms with E-state index in [1.165, 1.54) is 65.0 Å². The van der Waals surface area contributed by atoms with Gasteiger partial charge in [0, 0.05) is 19.1 Å². The summed E-state index contributed by atoms with van der Waals surface area (Å²) in [5.74, 6) is 0.846. The number of piperidine rings is 2. The average Bonchev–Trinajstić information content (AvgIpc) is 2.48. The molecule has 3 heteroatoms. The van der Waals surface area contributed by atoms with Gasteiger partial charge in [-0.2, -0.15) is 0 Å².